The Hall–Kier alpha value is -2.41. The molecule has 6 nitrogen and oxygen atoms in total. The molecule has 3 N–H and O–H groups in total. The summed E-state index contributed by atoms with van der Waals surface area (Å²) in [5.41, 5.74) is 8.08. The number of anilines is 1. The lowest BCUT2D eigenvalue weighted by Gasteiger charge is -2.24. The van der Waals surface area contributed by atoms with Crippen LogP contribution in [0.5, 0.6) is 0 Å². The smallest absolute Gasteiger partial charge is 0.341 e. The zero-order valence-electron chi connectivity index (χ0n) is 15.2. The Kier molecular flexibility index (Phi) is 3.30. The summed E-state index contributed by atoms with van der Waals surface area (Å²) in [5, 5.41) is 9.38. The molecular weight excluding hydrogens is 349 g/mol. The summed E-state index contributed by atoms with van der Waals surface area (Å²) in [6.45, 7) is 3.16. The molecule has 2 aromatic rings. The lowest BCUT2D eigenvalue weighted by atomic mass is 10.0. The second-order valence-corrected chi connectivity index (χ2v) is 8.42. The number of aryl methyl sites for hydroxylation is 1. The van der Waals surface area contributed by atoms with Crippen LogP contribution in [0.2, 0.25) is 0 Å². The Balaban J connectivity index is 1.75. The quantitative estimate of drug-likeness (QED) is 0.864. The van der Waals surface area contributed by atoms with E-state index >= 15 is 4.39 Å². The topological polar surface area (TPSA) is 88.0 Å². The van der Waals surface area contributed by atoms with Crippen molar-refractivity contribution in [3.05, 3.63) is 45.1 Å². The summed E-state index contributed by atoms with van der Waals surface area (Å²) in [5.74, 6) is -1.55. The van der Waals surface area contributed by atoms with Crippen molar-refractivity contribution in [1.82, 2.24) is 4.40 Å². The minimum absolute atomic E-state index is 0.0343. The van der Waals surface area contributed by atoms with Crippen LogP contribution < -0.4 is 16.2 Å². The minimum Gasteiger partial charge on any atom is -0.477 e. The summed E-state index contributed by atoms with van der Waals surface area (Å²) >= 11 is 0. The lowest BCUT2D eigenvalue weighted by Crippen LogP contribution is -2.31. The monoisotopic (exact) mass is 371 g/mol. The van der Waals surface area contributed by atoms with E-state index in [9.17, 15) is 14.7 Å². The van der Waals surface area contributed by atoms with E-state index in [4.69, 9.17) is 5.73 Å². The van der Waals surface area contributed by atoms with Gasteiger partial charge in [-0.25, -0.2) is 9.18 Å². The number of fused-ring (bicyclic) bond motifs is 1. The average Bonchev–Trinajstić information content (AvgIpc) is 3.49. The Morgan fingerprint density at radius 2 is 2.07 bits per heavy atom. The Bertz CT molecular complexity index is 1050. The first-order valence-corrected chi connectivity index (χ1v) is 9.44. The maximum absolute atomic E-state index is 15.1. The number of rotatable bonds is 3. The molecule has 0 bridgehead atoms. The van der Waals surface area contributed by atoms with Gasteiger partial charge in [0, 0.05) is 24.5 Å². The van der Waals surface area contributed by atoms with Crippen LogP contribution in [-0.4, -0.2) is 34.6 Å². The van der Waals surface area contributed by atoms with Gasteiger partial charge < -0.3 is 15.7 Å². The van der Waals surface area contributed by atoms with E-state index in [-0.39, 0.29) is 22.9 Å². The molecule has 0 unspecified atom stereocenters. The van der Waals surface area contributed by atoms with Gasteiger partial charge in [-0.1, -0.05) is 0 Å². The third-order valence-electron chi connectivity index (χ3n) is 6.61. The first-order chi connectivity index (χ1) is 12.8. The number of carboxylic acids is 1. The molecule has 0 aromatic carbocycles. The molecule has 3 aliphatic rings. The van der Waals surface area contributed by atoms with Gasteiger partial charge >= 0.3 is 5.97 Å². The highest BCUT2D eigenvalue weighted by molar-refractivity contribution is 5.89. The van der Waals surface area contributed by atoms with Crippen molar-refractivity contribution in [2.75, 3.05) is 18.0 Å². The van der Waals surface area contributed by atoms with E-state index in [0.717, 1.165) is 44.0 Å². The van der Waals surface area contributed by atoms with Gasteiger partial charge in [0.05, 0.1) is 17.4 Å². The third-order valence-corrected chi connectivity index (χ3v) is 6.61. The minimum atomic E-state index is -1.28. The number of aromatic carboxylic acids is 1. The number of aromatic nitrogens is 1. The summed E-state index contributed by atoms with van der Waals surface area (Å²) in [7, 11) is 0. The van der Waals surface area contributed by atoms with Gasteiger partial charge in [0.15, 0.2) is 5.82 Å². The Morgan fingerprint density at radius 1 is 1.37 bits per heavy atom. The number of halogens is 1. The van der Waals surface area contributed by atoms with E-state index in [1.165, 1.54) is 10.5 Å². The van der Waals surface area contributed by atoms with E-state index < -0.39 is 17.3 Å². The van der Waals surface area contributed by atoms with Gasteiger partial charge in [-0.2, -0.15) is 0 Å². The highest BCUT2D eigenvalue weighted by Crippen LogP contribution is 2.53. The van der Waals surface area contributed by atoms with E-state index in [0.29, 0.717) is 23.3 Å². The summed E-state index contributed by atoms with van der Waals surface area (Å²) < 4.78 is 16.3. The molecule has 2 saturated carbocycles. The van der Waals surface area contributed by atoms with Crippen molar-refractivity contribution in [3.8, 4) is 0 Å². The molecule has 0 amide bonds. The normalized spacial score (nSPS) is 23.4. The summed E-state index contributed by atoms with van der Waals surface area (Å²) in [6.07, 6.45) is 5.22. The van der Waals surface area contributed by atoms with Crippen molar-refractivity contribution < 1.29 is 14.3 Å². The van der Waals surface area contributed by atoms with Crippen molar-refractivity contribution in [2.24, 2.45) is 11.1 Å². The van der Waals surface area contributed by atoms with Crippen LogP contribution in [0.3, 0.4) is 0 Å². The van der Waals surface area contributed by atoms with Crippen LogP contribution in [0.15, 0.2) is 17.1 Å². The summed E-state index contributed by atoms with van der Waals surface area (Å²) in [6, 6.07) is 1.52. The van der Waals surface area contributed by atoms with Crippen molar-refractivity contribution in [2.45, 2.75) is 44.6 Å². The van der Waals surface area contributed by atoms with Gasteiger partial charge in [0.2, 0.25) is 0 Å². The first-order valence-electron chi connectivity index (χ1n) is 9.44. The fourth-order valence-electron chi connectivity index (χ4n) is 4.74. The number of nitrogens with zero attached hydrogens (tertiary/aromatic N) is 2. The average molecular weight is 371 g/mol. The molecule has 3 heterocycles. The highest BCUT2D eigenvalue weighted by Gasteiger charge is 2.54. The van der Waals surface area contributed by atoms with E-state index in [1.807, 2.05) is 11.8 Å². The fraction of sp³-hybridized carbons (Fsp3) is 0.500. The molecule has 3 fully saturated rings. The number of hydrogen-bond acceptors (Lipinski definition) is 4. The summed E-state index contributed by atoms with van der Waals surface area (Å²) in [4.78, 5) is 26.1. The predicted molar refractivity (Wildman–Crippen MR) is 99.2 cm³/mol. The fourth-order valence-corrected chi connectivity index (χ4v) is 4.74. The number of nitrogens with two attached hydrogens (primary N) is 1. The number of pyridine rings is 2. The lowest BCUT2D eigenvalue weighted by molar-refractivity contribution is 0.0694. The maximum Gasteiger partial charge on any atom is 0.341 e. The van der Waals surface area contributed by atoms with Crippen LogP contribution in [-0.2, 0) is 0 Å². The maximum atomic E-state index is 15.1. The molecule has 5 rings (SSSR count). The van der Waals surface area contributed by atoms with Gasteiger partial charge in [0.25, 0.3) is 5.56 Å². The second-order valence-electron chi connectivity index (χ2n) is 8.42. The molecule has 7 heteroatoms. The van der Waals surface area contributed by atoms with Crippen molar-refractivity contribution in [1.29, 1.82) is 0 Å². The van der Waals surface area contributed by atoms with E-state index in [1.54, 1.807) is 0 Å². The second kappa shape index (κ2) is 5.32. The largest absolute Gasteiger partial charge is 0.477 e. The Morgan fingerprint density at radius 3 is 2.63 bits per heavy atom. The SMILES string of the molecule is Cc1c(N2C[C@H](N)C3(CC3)C2)c(F)cn2c(=O)c(C(=O)O)cc(C3CC3)c12. The molecular formula is C20H22FN3O3. The van der Waals surface area contributed by atoms with Crippen LogP contribution in [0, 0.1) is 18.2 Å². The standard InChI is InChI=1S/C20H22FN3O3/c1-10-16-12(11-2-3-11)6-13(19(26)27)18(25)24(16)7-14(21)17(10)23-8-15(22)20(9-23)4-5-20/h6-7,11,15H,2-5,8-9,22H2,1H3,(H,26,27)/t15-/m0/s1. The zero-order chi connectivity index (χ0) is 19.1. The van der Waals surface area contributed by atoms with Gasteiger partial charge in [-0.05, 0) is 55.7 Å². The number of hydrogen-bond donors (Lipinski definition) is 2. The predicted octanol–water partition coefficient (Wildman–Crippen LogP) is 2.25. The van der Waals surface area contributed by atoms with Crippen LogP contribution in [0.4, 0.5) is 10.1 Å². The third kappa shape index (κ3) is 2.34. The molecule has 142 valence electrons. The van der Waals surface area contributed by atoms with Crippen LogP contribution in [0.25, 0.3) is 5.52 Å². The highest BCUT2D eigenvalue weighted by atomic mass is 19.1. The van der Waals surface area contributed by atoms with Crippen LogP contribution >= 0.6 is 0 Å². The number of carbonyl (C=O) groups is 1. The molecule has 0 radical (unpaired) electrons. The molecule has 1 aliphatic heterocycles. The molecule has 1 saturated heterocycles. The molecule has 2 aromatic heterocycles. The Labute approximate surface area is 155 Å². The number of carboxylic acid groups (broad SMARTS) is 1. The van der Waals surface area contributed by atoms with Crippen molar-refractivity contribution in [3.63, 3.8) is 0 Å². The zero-order valence-corrected chi connectivity index (χ0v) is 15.2. The molecule has 27 heavy (non-hydrogen) atoms. The first kappa shape index (κ1) is 16.7. The van der Waals surface area contributed by atoms with E-state index in [2.05, 4.69) is 0 Å². The molecule has 1 spiro atoms. The van der Waals surface area contributed by atoms with Crippen LogP contribution in [0.1, 0.15) is 53.1 Å². The molecule has 2 aliphatic carbocycles. The van der Waals surface area contributed by atoms with Gasteiger partial charge in [0.1, 0.15) is 5.56 Å². The van der Waals surface area contributed by atoms with Gasteiger partial charge in [-0.3, -0.25) is 9.20 Å². The van der Waals surface area contributed by atoms with Gasteiger partial charge in [-0.15, -0.1) is 0 Å². The molecule has 1 atom stereocenters. The van der Waals surface area contributed by atoms with Crippen molar-refractivity contribution >= 4 is 17.2 Å².